The van der Waals surface area contributed by atoms with Gasteiger partial charge in [0.15, 0.2) is 11.4 Å². The molecule has 1 saturated carbocycles. The molecule has 1 aliphatic rings. The van der Waals surface area contributed by atoms with Gasteiger partial charge in [0.2, 0.25) is 0 Å². The third kappa shape index (κ3) is 4.43. The predicted molar refractivity (Wildman–Crippen MR) is 102 cm³/mol. The predicted octanol–water partition coefficient (Wildman–Crippen LogP) is 2.88. The van der Waals surface area contributed by atoms with Gasteiger partial charge in [-0.05, 0) is 32.0 Å². The molecule has 1 aliphatic carbocycles. The number of nitrogens with zero attached hydrogens (tertiary/aromatic N) is 3. The highest BCUT2D eigenvalue weighted by atomic mass is 16.5. The fourth-order valence-corrected chi connectivity index (χ4v) is 3.51. The number of benzene rings is 1. The molecule has 0 saturated heterocycles. The summed E-state index contributed by atoms with van der Waals surface area (Å²) in [5.74, 6) is 0.278. The molecule has 1 heterocycles. The van der Waals surface area contributed by atoms with Gasteiger partial charge in [-0.15, -0.1) is 0 Å². The topological polar surface area (TPSA) is 59.4 Å². The summed E-state index contributed by atoms with van der Waals surface area (Å²) in [6, 6.07) is 10.3. The number of ether oxygens (including phenoxy) is 1. The number of hydrogen-bond acceptors (Lipinski definition) is 4. The summed E-state index contributed by atoms with van der Waals surface area (Å²) in [5.41, 5.74) is 1.21. The van der Waals surface area contributed by atoms with E-state index in [2.05, 4.69) is 22.4 Å². The molecule has 0 aliphatic heterocycles. The van der Waals surface area contributed by atoms with Crippen LogP contribution >= 0.6 is 0 Å². The summed E-state index contributed by atoms with van der Waals surface area (Å²) in [6.07, 6.45) is 8.24. The second-order valence-corrected chi connectivity index (χ2v) is 6.85. The first-order valence-electron chi connectivity index (χ1n) is 9.36. The van der Waals surface area contributed by atoms with Crippen molar-refractivity contribution in [2.24, 2.45) is 0 Å². The Morgan fingerprint density at radius 3 is 2.69 bits per heavy atom. The molecule has 0 spiro atoms. The molecule has 0 atom stereocenters. The molecule has 1 amide bonds. The van der Waals surface area contributed by atoms with E-state index >= 15 is 0 Å². The van der Waals surface area contributed by atoms with E-state index in [0.717, 1.165) is 12.2 Å². The van der Waals surface area contributed by atoms with E-state index in [0.29, 0.717) is 24.0 Å². The zero-order chi connectivity index (χ0) is 18.4. The van der Waals surface area contributed by atoms with Crippen LogP contribution in [-0.4, -0.2) is 53.9 Å². The molecule has 6 heteroatoms. The molecule has 0 unspecified atom stereocenters. The number of methoxy groups -OCH3 is 1. The van der Waals surface area contributed by atoms with Crippen molar-refractivity contribution in [3.05, 3.63) is 42.2 Å². The van der Waals surface area contributed by atoms with Gasteiger partial charge in [0.1, 0.15) is 0 Å². The number of aromatic nitrogens is 2. The lowest BCUT2D eigenvalue weighted by molar-refractivity contribution is 0.0936. The maximum absolute atomic E-state index is 12.5. The molecule has 2 aromatic rings. The average Bonchev–Trinajstić information content (AvgIpc) is 3.14. The minimum Gasteiger partial charge on any atom is -0.493 e. The van der Waals surface area contributed by atoms with Gasteiger partial charge in [0.25, 0.3) is 5.91 Å². The number of rotatable bonds is 7. The highest BCUT2D eigenvalue weighted by molar-refractivity contribution is 5.94. The van der Waals surface area contributed by atoms with Gasteiger partial charge in [-0.25, -0.2) is 4.68 Å². The van der Waals surface area contributed by atoms with Gasteiger partial charge < -0.3 is 15.0 Å². The van der Waals surface area contributed by atoms with Crippen LogP contribution in [0, 0.1) is 0 Å². The highest BCUT2D eigenvalue weighted by Crippen LogP contribution is 2.21. The van der Waals surface area contributed by atoms with Crippen molar-refractivity contribution < 1.29 is 9.53 Å². The SMILES string of the molecule is COc1cn(-c2ccccc2)nc1C(=O)NCCN(C)C1CCCCC1. The summed E-state index contributed by atoms with van der Waals surface area (Å²) in [5, 5.41) is 7.38. The number of carbonyl (C=O) groups is 1. The van der Waals surface area contributed by atoms with Crippen LogP contribution in [0.3, 0.4) is 0 Å². The summed E-state index contributed by atoms with van der Waals surface area (Å²) >= 11 is 0. The van der Waals surface area contributed by atoms with Gasteiger partial charge in [-0.1, -0.05) is 37.5 Å². The first-order chi connectivity index (χ1) is 12.7. The van der Waals surface area contributed by atoms with Crippen LogP contribution in [0.4, 0.5) is 0 Å². The summed E-state index contributed by atoms with van der Waals surface area (Å²) in [4.78, 5) is 14.9. The van der Waals surface area contributed by atoms with Crippen molar-refractivity contribution in [1.29, 1.82) is 0 Å². The molecule has 1 fully saturated rings. The van der Waals surface area contributed by atoms with Crippen molar-refractivity contribution in [3.8, 4) is 11.4 Å². The second kappa shape index (κ2) is 8.85. The van der Waals surface area contributed by atoms with E-state index in [9.17, 15) is 4.79 Å². The van der Waals surface area contributed by atoms with Crippen molar-refractivity contribution in [3.63, 3.8) is 0 Å². The minimum absolute atomic E-state index is 0.200. The Morgan fingerprint density at radius 1 is 1.27 bits per heavy atom. The molecule has 0 bridgehead atoms. The van der Waals surface area contributed by atoms with Gasteiger partial charge >= 0.3 is 0 Å². The summed E-state index contributed by atoms with van der Waals surface area (Å²) < 4.78 is 7.01. The van der Waals surface area contributed by atoms with Crippen molar-refractivity contribution in [2.45, 2.75) is 38.1 Å². The van der Waals surface area contributed by atoms with Gasteiger partial charge in [-0.2, -0.15) is 5.10 Å². The quantitative estimate of drug-likeness (QED) is 0.829. The summed E-state index contributed by atoms with van der Waals surface area (Å²) in [6.45, 7) is 1.45. The third-order valence-electron chi connectivity index (χ3n) is 5.08. The van der Waals surface area contributed by atoms with Crippen molar-refractivity contribution in [1.82, 2.24) is 20.0 Å². The molecular weight excluding hydrogens is 328 g/mol. The highest BCUT2D eigenvalue weighted by Gasteiger charge is 2.20. The molecule has 1 N–H and O–H groups in total. The Morgan fingerprint density at radius 2 is 2.00 bits per heavy atom. The molecule has 0 radical (unpaired) electrons. The lowest BCUT2D eigenvalue weighted by Crippen LogP contribution is -2.39. The van der Waals surface area contributed by atoms with Crippen molar-refractivity contribution >= 4 is 5.91 Å². The largest absolute Gasteiger partial charge is 0.493 e. The van der Waals surface area contributed by atoms with Crippen LogP contribution in [0.25, 0.3) is 5.69 Å². The van der Waals surface area contributed by atoms with E-state index in [1.165, 1.54) is 32.1 Å². The Balaban J connectivity index is 1.58. The summed E-state index contributed by atoms with van der Waals surface area (Å²) in [7, 11) is 3.70. The molecule has 26 heavy (non-hydrogen) atoms. The van der Waals surface area contributed by atoms with Crippen LogP contribution in [0.15, 0.2) is 36.5 Å². The zero-order valence-corrected chi connectivity index (χ0v) is 15.6. The molecule has 1 aromatic heterocycles. The number of nitrogens with one attached hydrogen (secondary N) is 1. The Bertz CT molecular complexity index is 708. The maximum atomic E-state index is 12.5. The maximum Gasteiger partial charge on any atom is 0.275 e. The number of para-hydroxylation sites is 1. The number of hydrogen-bond donors (Lipinski definition) is 1. The average molecular weight is 356 g/mol. The zero-order valence-electron chi connectivity index (χ0n) is 15.6. The molecule has 1 aromatic carbocycles. The number of amides is 1. The van der Waals surface area contributed by atoms with E-state index in [-0.39, 0.29) is 5.91 Å². The van der Waals surface area contributed by atoms with Gasteiger partial charge in [-0.3, -0.25) is 4.79 Å². The van der Waals surface area contributed by atoms with Gasteiger partial charge in [0.05, 0.1) is 19.0 Å². The number of carbonyl (C=O) groups excluding carboxylic acids is 1. The third-order valence-corrected chi connectivity index (χ3v) is 5.08. The van der Waals surface area contributed by atoms with Crippen LogP contribution < -0.4 is 10.1 Å². The lowest BCUT2D eigenvalue weighted by Gasteiger charge is -2.31. The first kappa shape index (κ1) is 18.5. The number of likely N-dealkylation sites (N-methyl/N-ethyl adjacent to an activating group) is 1. The fraction of sp³-hybridized carbons (Fsp3) is 0.500. The Hall–Kier alpha value is -2.34. The normalized spacial score (nSPS) is 15.2. The van der Waals surface area contributed by atoms with Crippen molar-refractivity contribution in [2.75, 3.05) is 27.2 Å². The Kier molecular flexibility index (Phi) is 6.28. The standard InChI is InChI=1S/C20H28N4O2/c1-23(16-9-5-3-6-10-16)14-13-21-20(25)19-18(26-2)15-24(22-19)17-11-7-4-8-12-17/h4,7-8,11-12,15-16H,3,5-6,9-10,13-14H2,1-2H3,(H,21,25). The van der Waals surface area contributed by atoms with Crippen LogP contribution in [0.2, 0.25) is 0 Å². The molecule has 140 valence electrons. The molecule has 6 nitrogen and oxygen atoms in total. The minimum atomic E-state index is -0.200. The second-order valence-electron chi connectivity index (χ2n) is 6.85. The molecular formula is C20H28N4O2. The van der Waals surface area contributed by atoms with Crippen LogP contribution in [0.1, 0.15) is 42.6 Å². The smallest absolute Gasteiger partial charge is 0.275 e. The van der Waals surface area contributed by atoms with Crippen LogP contribution in [-0.2, 0) is 0 Å². The van der Waals surface area contributed by atoms with E-state index < -0.39 is 0 Å². The monoisotopic (exact) mass is 356 g/mol. The van der Waals surface area contributed by atoms with Gasteiger partial charge in [0, 0.05) is 19.1 Å². The van der Waals surface area contributed by atoms with E-state index in [4.69, 9.17) is 4.74 Å². The molecule has 3 rings (SSSR count). The van der Waals surface area contributed by atoms with E-state index in [1.54, 1.807) is 18.0 Å². The van der Waals surface area contributed by atoms with E-state index in [1.807, 2.05) is 30.3 Å². The fourth-order valence-electron chi connectivity index (χ4n) is 3.51. The lowest BCUT2D eigenvalue weighted by atomic mass is 9.94. The first-order valence-corrected chi connectivity index (χ1v) is 9.36. The Labute approximate surface area is 155 Å². The van der Waals surface area contributed by atoms with Crippen LogP contribution in [0.5, 0.6) is 5.75 Å².